The molecule has 1 saturated carbocycles. The van der Waals surface area contributed by atoms with Crippen LogP contribution in [0.3, 0.4) is 0 Å². The summed E-state index contributed by atoms with van der Waals surface area (Å²) in [6, 6.07) is 8.14. The summed E-state index contributed by atoms with van der Waals surface area (Å²) in [4.78, 5) is 15.4. The van der Waals surface area contributed by atoms with E-state index in [1.165, 1.54) is 19.3 Å². The molecule has 3 rings (SSSR count). The monoisotopic (exact) mass is 301 g/mol. The summed E-state index contributed by atoms with van der Waals surface area (Å²) in [6.45, 7) is 0. The second kappa shape index (κ2) is 6.26. The Kier molecular flexibility index (Phi) is 4.20. The fourth-order valence-electron chi connectivity index (χ4n) is 2.90. The first-order valence-electron chi connectivity index (χ1n) is 7.42. The Hall–Kier alpha value is -1.88. The van der Waals surface area contributed by atoms with Crippen LogP contribution in [0.5, 0.6) is 0 Å². The predicted octanol–water partition coefficient (Wildman–Crippen LogP) is 3.10. The van der Waals surface area contributed by atoms with Gasteiger partial charge in [0.2, 0.25) is 0 Å². The number of carbonyl (C=O) groups is 1. The SMILES string of the molecule is O=C(NC(=S)NC1CCCCC1)c1c[nH]c2ccccc12. The molecule has 4 nitrogen and oxygen atoms in total. The topological polar surface area (TPSA) is 56.9 Å². The summed E-state index contributed by atoms with van der Waals surface area (Å²) in [5, 5.41) is 7.37. The lowest BCUT2D eigenvalue weighted by Crippen LogP contribution is -2.44. The summed E-state index contributed by atoms with van der Waals surface area (Å²) in [5.41, 5.74) is 1.58. The number of thiocarbonyl (C=S) groups is 1. The normalized spacial score (nSPS) is 15.8. The van der Waals surface area contributed by atoms with Crippen molar-refractivity contribution in [1.29, 1.82) is 0 Å². The molecule has 110 valence electrons. The Morgan fingerprint density at radius 2 is 1.95 bits per heavy atom. The number of hydrogen-bond acceptors (Lipinski definition) is 2. The van der Waals surface area contributed by atoms with Gasteiger partial charge < -0.3 is 10.3 Å². The van der Waals surface area contributed by atoms with E-state index in [1.54, 1.807) is 6.20 Å². The predicted molar refractivity (Wildman–Crippen MR) is 88.4 cm³/mol. The van der Waals surface area contributed by atoms with Gasteiger partial charge in [-0.15, -0.1) is 0 Å². The average molecular weight is 301 g/mol. The maximum Gasteiger partial charge on any atom is 0.259 e. The van der Waals surface area contributed by atoms with Gasteiger partial charge in [0.05, 0.1) is 5.56 Å². The lowest BCUT2D eigenvalue weighted by Gasteiger charge is -2.24. The fraction of sp³-hybridized carbons (Fsp3) is 0.375. The lowest BCUT2D eigenvalue weighted by molar-refractivity contribution is 0.0978. The Balaban J connectivity index is 1.64. The minimum Gasteiger partial charge on any atom is -0.360 e. The number of hydrogen-bond donors (Lipinski definition) is 3. The fourth-order valence-corrected chi connectivity index (χ4v) is 3.16. The Morgan fingerprint density at radius 3 is 2.76 bits per heavy atom. The molecule has 0 saturated heterocycles. The highest BCUT2D eigenvalue weighted by atomic mass is 32.1. The highest BCUT2D eigenvalue weighted by Gasteiger charge is 2.17. The van der Waals surface area contributed by atoms with Crippen LogP contribution in [0.4, 0.5) is 0 Å². The standard InChI is InChI=1S/C16H19N3OS/c20-15(13-10-17-14-9-5-4-8-12(13)14)19-16(21)18-11-6-2-1-3-7-11/h4-5,8-11,17H,1-3,6-7H2,(H2,18,19,20,21). The van der Waals surface area contributed by atoms with Gasteiger partial charge in [-0.2, -0.15) is 0 Å². The number of benzene rings is 1. The minimum atomic E-state index is -0.166. The zero-order chi connectivity index (χ0) is 14.7. The van der Waals surface area contributed by atoms with Crippen LogP contribution in [-0.2, 0) is 0 Å². The third-order valence-electron chi connectivity index (χ3n) is 4.00. The number of carbonyl (C=O) groups excluding carboxylic acids is 1. The molecule has 1 aliphatic carbocycles. The van der Waals surface area contributed by atoms with Crippen LogP contribution >= 0.6 is 12.2 Å². The Bertz CT molecular complexity index is 658. The molecule has 1 fully saturated rings. The maximum atomic E-state index is 12.3. The van der Waals surface area contributed by atoms with Crippen LogP contribution in [0.2, 0.25) is 0 Å². The lowest BCUT2D eigenvalue weighted by atomic mass is 9.96. The molecule has 1 aliphatic rings. The van der Waals surface area contributed by atoms with Crippen molar-refractivity contribution in [2.45, 2.75) is 38.1 Å². The van der Waals surface area contributed by atoms with Gasteiger partial charge in [0.25, 0.3) is 5.91 Å². The Labute approximate surface area is 129 Å². The first-order chi connectivity index (χ1) is 10.2. The number of nitrogens with one attached hydrogen (secondary N) is 3. The molecule has 1 amide bonds. The molecule has 3 N–H and O–H groups in total. The number of aromatic nitrogens is 1. The van der Waals surface area contributed by atoms with E-state index in [1.807, 2.05) is 24.3 Å². The average Bonchev–Trinajstić information content (AvgIpc) is 2.92. The van der Waals surface area contributed by atoms with Crippen molar-refractivity contribution in [3.05, 3.63) is 36.0 Å². The van der Waals surface area contributed by atoms with E-state index in [0.717, 1.165) is 23.7 Å². The summed E-state index contributed by atoms with van der Waals surface area (Å²) in [6.07, 6.45) is 7.75. The number of amides is 1. The molecule has 1 aromatic heterocycles. The van der Waals surface area contributed by atoms with Crippen molar-refractivity contribution in [3.63, 3.8) is 0 Å². The first-order valence-corrected chi connectivity index (χ1v) is 7.83. The highest BCUT2D eigenvalue weighted by Crippen LogP contribution is 2.18. The van der Waals surface area contributed by atoms with Gasteiger partial charge in [-0.3, -0.25) is 10.1 Å². The van der Waals surface area contributed by atoms with Crippen LogP contribution in [0.25, 0.3) is 10.9 Å². The van der Waals surface area contributed by atoms with Crippen LogP contribution in [0.15, 0.2) is 30.5 Å². The summed E-state index contributed by atoms with van der Waals surface area (Å²) < 4.78 is 0. The molecule has 21 heavy (non-hydrogen) atoms. The zero-order valence-electron chi connectivity index (χ0n) is 11.8. The second-order valence-electron chi connectivity index (χ2n) is 5.51. The van der Waals surface area contributed by atoms with Crippen molar-refractivity contribution in [3.8, 4) is 0 Å². The number of aromatic amines is 1. The molecule has 5 heteroatoms. The molecule has 1 aromatic carbocycles. The van der Waals surface area contributed by atoms with Gasteiger partial charge in [-0.25, -0.2) is 0 Å². The van der Waals surface area contributed by atoms with Gasteiger partial charge in [0.1, 0.15) is 0 Å². The maximum absolute atomic E-state index is 12.3. The second-order valence-corrected chi connectivity index (χ2v) is 5.92. The molecule has 0 bridgehead atoms. The van der Waals surface area contributed by atoms with E-state index < -0.39 is 0 Å². The van der Waals surface area contributed by atoms with Crippen molar-refractivity contribution < 1.29 is 4.79 Å². The molecule has 1 heterocycles. The van der Waals surface area contributed by atoms with Crippen molar-refractivity contribution in [1.82, 2.24) is 15.6 Å². The zero-order valence-corrected chi connectivity index (χ0v) is 12.6. The number of para-hydroxylation sites is 1. The van der Waals surface area contributed by atoms with Gasteiger partial charge in [0.15, 0.2) is 5.11 Å². The Morgan fingerprint density at radius 1 is 1.19 bits per heavy atom. The molecule has 0 aliphatic heterocycles. The van der Waals surface area contributed by atoms with Gasteiger partial charge in [-0.1, -0.05) is 37.5 Å². The van der Waals surface area contributed by atoms with Crippen molar-refractivity contribution in [2.24, 2.45) is 0 Å². The van der Waals surface area contributed by atoms with Crippen LogP contribution in [-0.4, -0.2) is 22.0 Å². The van der Waals surface area contributed by atoms with Gasteiger partial charge in [-0.05, 0) is 31.1 Å². The van der Waals surface area contributed by atoms with Crippen LogP contribution < -0.4 is 10.6 Å². The van der Waals surface area contributed by atoms with E-state index in [-0.39, 0.29) is 5.91 Å². The van der Waals surface area contributed by atoms with E-state index in [4.69, 9.17) is 12.2 Å². The molecule has 2 aromatic rings. The van der Waals surface area contributed by atoms with E-state index in [9.17, 15) is 4.79 Å². The summed E-state index contributed by atoms with van der Waals surface area (Å²) >= 11 is 5.25. The van der Waals surface area contributed by atoms with Crippen LogP contribution in [0, 0.1) is 0 Å². The van der Waals surface area contributed by atoms with Crippen molar-refractivity contribution in [2.75, 3.05) is 0 Å². The quantitative estimate of drug-likeness (QED) is 0.747. The first kappa shape index (κ1) is 14.1. The van der Waals surface area contributed by atoms with Gasteiger partial charge >= 0.3 is 0 Å². The van der Waals surface area contributed by atoms with Crippen LogP contribution in [0.1, 0.15) is 42.5 Å². The third kappa shape index (κ3) is 3.24. The molecule has 0 unspecified atom stereocenters. The van der Waals surface area contributed by atoms with E-state index in [2.05, 4.69) is 15.6 Å². The molecule has 0 atom stereocenters. The van der Waals surface area contributed by atoms with E-state index in [0.29, 0.717) is 16.7 Å². The number of rotatable bonds is 2. The highest BCUT2D eigenvalue weighted by molar-refractivity contribution is 7.80. The molecular weight excluding hydrogens is 282 g/mol. The smallest absolute Gasteiger partial charge is 0.259 e. The van der Waals surface area contributed by atoms with E-state index >= 15 is 0 Å². The third-order valence-corrected chi connectivity index (χ3v) is 4.22. The molecule has 0 radical (unpaired) electrons. The minimum absolute atomic E-state index is 0.166. The van der Waals surface area contributed by atoms with Gasteiger partial charge in [0, 0.05) is 23.1 Å². The molecule has 0 spiro atoms. The largest absolute Gasteiger partial charge is 0.360 e. The van der Waals surface area contributed by atoms with Crippen molar-refractivity contribution >= 4 is 34.1 Å². The number of H-pyrrole nitrogens is 1. The summed E-state index contributed by atoms with van der Waals surface area (Å²) in [7, 11) is 0. The molecular formula is C16H19N3OS. The summed E-state index contributed by atoms with van der Waals surface area (Å²) in [5.74, 6) is -0.166. The number of fused-ring (bicyclic) bond motifs is 1.